The molecule has 0 heterocycles. The number of hydrogen-bond acceptors (Lipinski definition) is 3. The van der Waals surface area contributed by atoms with Gasteiger partial charge < -0.3 is 21.3 Å². The number of carbonyl (C=O) groups excluding carboxylic acids is 2. The molecule has 0 radical (unpaired) electrons. The minimum absolute atomic E-state index is 0. The molecule has 1 rings (SSSR count). The topological polar surface area (TPSA) is 82.3 Å². The first-order valence-electron chi connectivity index (χ1n) is 7.13. The molecule has 0 fully saturated rings. The zero-order valence-electron chi connectivity index (χ0n) is 13.2. The second kappa shape index (κ2) is 10.9. The van der Waals surface area contributed by atoms with E-state index >= 15 is 0 Å². The summed E-state index contributed by atoms with van der Waals surface area (Å²) in [5.41, 5.74) is 1.23. The number of rotatable bonds is 7. The quantitative estimate of drug-likeness (QED) is 0.578. The summed E-state index contributed by atoms with van der Waals surface area (Å²) in [5.74, 6) is -0.107. The Bertz CT molecular complexity index is 463. The fraction of sp³-hybridized carbons (Fsp3) is 0.467. The predicted octanol–water partition coefficient (Wildman–Crippen LogP) is 1.98. The van der Waals surface area contributed by atoms with E-state index in [4.69, 9.17) is 0 Å². The van der Waals surface area contributed by atoms with Crippen molar-refractivity contribution in [3.8, 4) is 0 Å². The number of urea groups is 1. The van der Waals surface area contributed by atoms with Crippen LogP contribution >= 0.6 is 12.4 Å². The van der Waals surface area contributed by atoms with Crippen LogP contribution in [-0.4, -0.2) is 38.1 Å². The highest BCUT2D eigenvalue weighted by Crippen LogP contribution is 2.09. The Morgan fingerprint density at radius 2 is 1.73 bits per heavy atom. The Morgan fingerprint density at radius 3 is 2.27 bits per heavy atom. The van der Waals surface area contributed by atoms with Crippen LogP contribution in [-0.2, 0) is 0 Å². The molecule has 0 bridgehead atoms. The largest absolute Gasteiger partial charge is 0.352 e. The summed E-state index contributed by atoms with van der Waals surface area (Å²) < 4.78 is 0. The Labute approximate surface area is 137 Å². The normalized spacial score (nSPS) is 9.82. The van der Waals surface area contributed by atoms with Crippen molar-refractivity contribution in [2.45, 2.75) is 26.3 Å². The van der Waals surface area contributed by atoms with Gasteiger partial charge in [-0.3, -0.25) is 4.79 Å². The molecule has 0 unspecified atom stereocenters. The number of nitrogens with one attached hydrogen (secondary N) is 4. The number of amides is 3. The van der Waals surface area contributed by atoms with Crippen molar-refractivity contribution >= 4 is 30.0 Å². The summed E-state index contributed by atoms with van der Waals surface area (Å²) in [6.07, 6.45) is 0.886. The lowest BCUT2D eigenvalue weighted by atomic mass is 10.2. The van der Waals surface area contributed by atoms with Gasteiger partial charge in [0, 0.05) is 23.8 Å². The SMILES string of the molecule is CNCCCNC(=O)c1ccc(NC(=O)NC(C)C)cc1.Cl. The number of anilines is 1. The van der Waals surface area contributed by atoms with E-state index in [-0.39, 0.29) is 30.4 Å². The molecule has 0 aliphatic heterocycles. The minimum atomic E-state index is -0.255. The molecule has 0 spiro atoms. The van der Waals surface area contributed by atoms with E-state index in [9.17, 15) is 9.59 Å². The van der Waals surface area contributed by atoms with Crippen LogP contribution in [0.2, 0.25) is 0 Å². The first-order valence-corrected chi connectivity index (χ1v) is 7.13. The maximum atomic E-state index is 11.9. The van der Waals surface area contributed by atoms with Gasteiger partial charge in [-0.15, -0.1) is 12.4 Å². The summed E-state index contributed by atoms with van der Waals surface area (Å²) in [5, 5.41) is 11.3. The van der Waals surface area contributed by atoms with Crippen LogP contribution in [0.3, 0.4) is 0 Å². The average molecular weight is 329 g/mol. The molecule has 0 aliphatic rings. The second-order valence-electron chi connectivity index (χ2n) is 5.04. The summed E-state index contributed by atoms with van der Waals surface area (Å²) in [6.45, 7) is 5.28. The molecule has 6 nitrogen and oxygen atoms in total. The van der Waals surface area contributed by atoms with Crippen molar-refractivity contribution in [1.29, 1.82) is 0 Å². The van der Waals surface area contributed by atoms with Crippen LogP contribution in [0.15, 0.2) is 24.3 Å². The molecule has 4 N–H and O–H groups in total. The van der Waals surface area contributed by atoms with Crippen molar-refractivity contribution < 1.29 is 9.59 Å². The second-order valence-corrected chi connectivity index (χ2v) is 5.04. The van der Waals surface area contributed by atoms with Crippen molar-refractivity contribution in [3.63, 3.8) is 0 Å². The van der Waals surface area contributed by atoms with Gasteiger partial charge >= 0.3 is 6.03 Å². The molecule has 0 saturated carbocycles. The van der Waals surface area contributed by atoms with E-state index in [1.165, 1.54) is 0 Å². The highest BCUT2D eigenvalue weighted by atomic mass is 35.5. The first kappa shape index (κ1) is 20.2. The van der Waals surface area contributed by atoms with Gasteiger partial charge in [-0.1, -0.05) is 0 Å². The third kappa shape index (κ3) is 7.85. The average Bonchev–Trinajstić information content (AvgIpc) is 2.43. The molecule has 22 heavy (non-hydrogen) atoms. The smallest absolute Gasteiger partial charge is 0.319 e. The van der Waals surface area contributed by atoms with E-state index in [2.05, 4.69) is 21.3 Å². The third-order valence-corrected chi connectivity index (χ3v) is 2.71. The molecule has 124 valence electrons. The lowest BCUT2D eigenvalue weighted by molar-refractivity contribution is 0.0953. The standard InChI is InChI=1S/C15H24N4O2.ClH/c1-11(2)18-15(21)19-13-7-5-12(6-8-13)14(20)17-10-4-9-16-3;/h5-8,11,16H,4,9-10H2,1-3H3,(H,17,20)(H2,18,19,21);1H. The zero-order chi connectivity index (χ0) is 15.7. The van der Waals surface area contributed by atoms with E-state index in [0.29, 0.717) is 17.8 Å². The predicted molar refractivity (Wildman–Crippen MR) is 91.9 cm³/mol. The third-order valence-electron chi connectivity index (χ3n) is 2.71. The van der Waals surface area contributed by atoms with Crippen molar-refractivity contribution in [2.75, 3.05) is 25.5 Å². The Morgan fingerprint density at radius 1 is 1.09 bits per heavy atom. The van der Waals surface area contributed by atoms with E-state index in [1.54, 1.807) is 24.3 Å². The van der Waals surface area contributed by atoms with Gasteiger partial charge in [0.2, 0.25) is 0 Å². The van der Waals surface area contributed by atoms with Crippen molar-refractivity contribution in [1.82, 2.24) is 16.0 Å². The highest BCUT2D eigenvalue weighted by molar-refractivity contribution is 5.95. The maximum Gasteiger partial charge on any atom is 0.319 e. The maximum absolute atomic E-state index is 11.9. The lowest BCUT2D eigenvalue weighted by Crippen LogP contribution is -2.34. The van der Waals surface area contributed by atoms with E-state index in [1.807, 2.05) is 20.9 Å². The van der Waals surface area contributed by atoms with E-state index < -0.39 is 0 Å². The van der Waals surface area contributed by atoms with Crippen LogP contribution in [0.4, 0.5) is 10.5 Å². The number of hydrogen-bond donors (Lipinski definition) is 4. The number of benzene rings is 1. The summed E-state index contributed by atoms with van der Waals surface area (Å²) in [6, 6.07) is 6.63. The lowest BCUT2D eigenvalue weighted by Gasteiger charge is -2.10. The van der Waals surface area contributed by atoms with Gasteiger partial charge in [0.05, 0.1) is 0 Å². The molecular weight excluding hydrogens is 304 g/mol. The first-order chi connectivity index (χ1) is 10.0. The van der Waals surface area contributed by atoms with Crippen LogP contribution in [0.1, 0.15) is 30.6 Å². The van der Waals surface area contributed by atoms with Crippen LogP contribution < -0.4 is 21.3 Å². The van der Waals surface area contributed by atoms with Gasteiger partial charge in [0.25, 0.3) is 5.91 Å². The minimum Gasteiger partial charge on any atom is -0.352 e. The Hall–Kier alpha value is -1.79. The van der Waals surface area contributed by atoms with Gasteiger partial charge in [0.1, 0.15) is 0 Å². The fourth-order valence-corrected chi connectivity index (χ4v) is 1.70. The summed E-state index contributed by atoms with van der Waals surface area (Å²) in [7, 11) is 1.88. The van der Waals surface area contributed by atoms with Crippen LogP contribution in [0.25, 0.3) is 0 Å². The molecule has 0 aromatic heterocycles. The molecule has 1 aromatic carbocycles. The van der Waals surface area contributed by atoms with Crippen molar-refractivity contribution in [3.05, 3.63) is 29.8 Å². The summed E-state index contributed by atoms with van der Waals surface area (Å²) >= 11 is 0. The number of carbonyl (C=O) groups is 2. The van der Waals surface area contributed by atoms with Gasteiger partial charge in [-0.2, -0.15) is 0 Å². The molecule has 7 heteroatoms. The van der Waals surface area contributed by atoms with Gasteiger partial charge in [-0.25, -0.2) is 4.79 Å². The van der Waals surface area contributed by atoms with Crippen molar-refractivity contribution in [2.24, 2.45) is 0 Å². The summed E-state index contributed by atoms with van der Waals surface area (Å²) in [4.78, 5) is 23.4. The van der Waals surface area contributed by atoms with E-state index in [0.717, 1.165) is 13.0 Å². The molecular formula is C15H25ClN4O2. The Balaban J connectivity index is 0.00000441. The molecule has 1 aromatic rings. The Kier molecular flexibility index (Phi) is 9.98. The van der Waals surface area contributed by atoms with Gasteiger partial charge in [-0.05, 0) is 58.1 Å². The molecule has 0 saturated heterocycles. The number of halogens is 1. The fourth-order valence-electron chi connectivity index (χ4n) is 1.70. The molecule has 0 aliphatic carbocycles. The van der Waals surface area contributed by atoms with Crippen LogP contribution in [0, 0.1) is 0 Å². The molecule has 3 amide bonds. The monoisotopic (exact) mass is 328 g/mol. The molecule has 0 atom stereocenters. The van der Waals surface area contributed by atoms with Gasteiger partial charge in [0.15, 0.2) is 0 Å². The van der Waals surface area contributed by atoms with Crippen LogP contribution in [0.5, 0.6) is 0 Å². The highest BCUT2D eigenvalue weighted by Gasteiger charge is 2.06. The zero-order valence-corrected chi connectivity index (χ0v) is 14.0.